The summed E-state index contributed by atoms with van der Waals surface area (Å²) < 4.78 is 4.63. The van der Waals surface area contributed by atoms with Crippen molar-refractivity contribution >= 4 is 41.0 Å². The monoisotopic (exact) mass is 297 g/mol. The number of aromatic nitrogens is 1. The van der Waals surface area contributed by atoms with Gasteiger partial charge in [0.2, 0.25) is 0 Å². The molecule has 1 aromatic heterocycles. The summed E-state index contributed by atoms with van der Waals surface area (Å²) in [6.45, 7) is 1.98. The van der Waals surface area contributed by atoms with E-state index in [9.17, 15) is 4.79 Å². The summed E-state index contributed by atoms with van der Waals surface area (Å²) in [5.74, 6) is 0.553. The molecular weight excluding hydrogens is 282 g/mol. The Balaban J connectivity index is 0.00000180. The lowest BCUT2D eigenvalue weighted by Gasteiger charge is -2.07. The first kappa shape index (κ1) is 15.8. The largest absolute Gasteiger partial charge is 0.469 e. The number of esters is 1. The second-order valence-electron chi connectivity index (χ2n) is 3.95. The predicted molar refractivity (Wildman–Crippen MR) is 81.1 cm³/mol. The van der Waals surface area contributed by atoms with Crippen LogP contribution in [0.4, 0.5) is 0 Å². The molecule has 3 nitrogen and oxygen atoms in total. The quantitative estimate of drug-likeness (QED) is 0.638. The third-order valence-corrected chi connectivity index (χ3v) is 3.65. The number of rotatable bonds is 4. The van der Waals surface area contributed by atoms with Crippen LogP contribution in [0.1, 0.15) is 12.1 Å². The fourth-order valence-corrected chi connectivity index (χ4v) is 2.81. The van der Waals surface area contributed by atoms with Gasteiger partial charge < -0.3 is 4.74 Å². The van der Waals surface area contributed by atoms with Gasteiger partial charge in [-0.25, -0.2) is 0 Å². The van der Waals surface area contributed by atoms with Crippen molar-refractivity contribution < 1.29 is 9.53 Å². The molecule has 0 aliphatic heterocycles. The lowest BCUT2D eigenvalue weighted by Crippen LogP contribution is -2.01. The number of para-hydroxylation sites is 1. The van der Waals surface area contributed by atoms with Gasteiger partial charge in [0.1, 0.15) is 0 Å². The van der Waals surface area contributed by atoms with Crippen molar-refractivity contribution in [1.29, 1.82) is 0 Å². The van der Waals surface area contributed by atoms with Gasteiger partial charge in [0.05, 0.1) is 19.0 Å². The van der Waals surface area contributed by atoms with Gasteiger partial charge in [0.25, 0.3) is 0 Å². The second-order valence-corrected chi connectivity index (χ2v) is 5.09. The molecule has 0 aliphatic carbocycles. The molecule has 5 heteroatoms. The fourth-order valence-electron chi connectivity index (χ4n) is 1.74. The summed E-state index contributed by atoms with van der Waals surface area (Å²) in [7, 11) is 1.42. The molecule has 0 bridgehead atoms. The topological polar surface area (TPSA) is 39.2 Å². The Morgan fingerprint density at radius 1 is 1.37 bits per heavy atom. The van der Waals surface area contributed by atoms with Crippen molar-refractivity contribution in [2.45, 2.75) is 18.2 Å². The molecule has 0 amide bonds. The summed E-state index contributed by atoms with van der Waals surface area (Å²) in [6, 6.07) is 10.1. The van der Waals surface area contributed by atoms with Gasteiger partial charge in [-0.15, -0.1) is 24.2 Å². The Bertz CT molecular complexity index is 574. The van der Waals surface area contributed by atoms with Gasteiger partial charge in [-0.05, 0) is 19.1 Å². The van der Waals surface area contributed by atoms with Gasteiger partial charge >= 0.3 is 5.97 Å². The van der Waals surface area contributed by atoms with Gasteiger partial charge in [0, 0.05) is 21.7 Å². The first-order chi connectivity index (χ1) is 8.70. The van der Waals surface area contributed by atoms with E-state index in [1.165, 1.54) is 12.0 Å². The van der Waals surface area contributed by atoms with Crippen molar-refractivity contribution in [3.05, 3.63) is 36.0 Å². The summed E-state index contributed by atoms with van der Waals surface area (Å²) in [5.41, 5.74) is 1.99. The van der Waals surface area contributed by atoms with Gasteiger partial charge in [0.15, 0.2) is 0 Å². The number of benzene rings is 1. The zero-order valence-electron chi connectivity index (χ0n) is 10.9. The van der Waals surface area contributed by atoms with Crippen LogP contribution >= 0.6 is 24.2 Å². The standard InChI is InChI=1S/C14H15NO2S.ClH/c1-10-9-13(18-8-7-14(16)17-2)11-5-3-4-6-12(11)15-10;/h3-6,9H,7-8H2,1-2H3;1H. The lowest BCUT2D eigenvalue weighted by molar-refractivity contribution is -0.140. The number of hydrogen-bond acceptors (Lipinski definition) is 4. The second kappa shape index (κ2) is 7.36. The molecule has 0 saturated heterocycles. The SMILES string of the molecule is COC(=O)CCSc1cc(C)nc2ccccc12.Cl. The first-order valence-electron chi connectivity index (χ1n) is 5.76. The van der Waals surface area contributed by atoms with Crippen molar-refractivity contribution in [1.82, 2.24) is 4.98 Å². The molecule has 0 unspecified atom stereocenters. The van der Waals surface area contributed by atoms with Crippen LogP contribution in [-0.4, -0.2) is 23.8 Å². The van der Waals surface area contributed by atoms with Crippen LogP contribution in [0.3, 0.4) is 0 Å². The maximum atomic E-state index is 11.1. The van der Waals surface area contributed by atoms with E-state index in [0.717, 1.165) is 22.3 Å². The molecule has 0 radical (unpaired) electrons. The maximum absolute atomic E-state index is 11.1. The van der Waals surface area contributed by atoms with E-state index in [0.29, 0.717) is 6.42 Å². The molecule has 0 spiro atoms. The number of hydrogen-bond donors (Lipinski definition) is 0. The smallest absolute Gasteiger partial charge is 0.306 e. The molecule has 0 aliphatic rings. The number of pyridine rings is 1. The number of halogens is 1. The molecule has 2 aromatic rings. The molecule has 0 fully saturated rings. The highest BCUT2D eigenvalue weighted by Crippen LogP contribution is 2.28. The van der Waals surface area contributed by atoms with Crippen LogP contribution < -0.4 is 0 Å². The fraction of sp³-hybridized carbons (Fsp3) is 0.286. The molecule has 2 rings (SSSR count). The zero-order valence-corrected chi connectivity index (χ0v) is 12.5. The molecule has 1 heterocycles. The van der Waals surface area contributed by atoms with Crippen LogP contribution in [0.5, 0.6) is 0 Å². The zero-order chi connectivity index (χ0) is 13.0. The van der Waals surface area contributed by atoms with Gasteiger partial charge in [-0.3, -0.25) is 9.78 Å². The average molecular weight is 298 g/mol. The van der Waals surface area contributed by atoms with E-state index in [1.54, 1.807) is 11.8 Å². The predicted octanol–water partition coefficient (Wildman–Crippen LogP) is 3.62. The Hall–Kier alpha value is -1.26. The third-order valence-electron chi connectivity index (χ3n) is 2.60. The number of methoxy groups -OCH3 is 1. The van der Waals surface area contributed by atoms with Gasteiger partial charge in [-0.2, -0.15) is 0 Å². The summed E-state index contributed by atoms with van der Waals surface area (Å²) in [6.07, 6.45) is 0.427. The molecule has 0 N–H and O–H groups in total. The van der Waals surface area contributed by atoms with Crippen LogP contribution in [0.15, 0.2) is 35.2 Å². The number of nitrogens with zero attached hydrogens (tertiary/aromatic N) is 1. The van der Waals surface area contributed by atoms with Gasteiger partial charge in [-0.1, -0.05) is 18.2 Å². The highest BCUT2D eigenvalue weighted by molar-refractivity contribution is 7.99. The highest BCUT2D eigenvalue weighted by Gasteiger charge is 2.06. The molecule has 0 atom stereocenters. The van der Waals surface area contributed by atoms with E-state index in [4.69, 9.17) is 0 Å². The average Bonchev–Trinajstić information content (AvgIpc) is 2.38. The van der Waals surface area contributed by atoms with E-state index in [2.05, 4.69) is 21.9 Å². The molecule has 1 aromatic carbocycles. The lowest BCUT2D eigenvalue weighted by atomic mass is 10.2. The van der Waals surface area contributed by atoms with Crippen molar-refractivity contribution in [3.8, 4) is 0 Å². The summed E-state index contributed by atoms with van der Waals surface area (Å²) in [4.78, 5) is 16.7. The van der Waals surface area contributed by atoms with Crippen molar-refractivity contribution in [2.24, 2.45) is 0 Å². The Labute approximate surface area is 123 Å². The third kappa shape index (κ3) is 4.11. The van der Waals surface area contributed by atoms with E-state index in [-0.39, 0.29) is 18.4 Å². The molecular formula is C14H16ClNO2S. The number of ether oxygens (including phenoxy) is 1. The maximum Gasteiger partial charge on any atom is 0.306 e. The number of fused-ring (bicyclic) bond motifs is 1. The van der Waals surface area contributed by atoms with E-state index in [1.807, 2.05) is 25.1 Å². The summed E-state index contributed by atoms with van der Waals surface area (Å²) in [5, 5.41) is 1.14. The Morgan fingerprint density at radius 2 is 2.11 bits per heavy atom. The number of aryl methyl sites for hydroxylation is 1. The minimum Gasteiger partial charge on any atom is -0.469 e. The van der Waals surface area contributed by atoms with E-state index >= 15 is 0 Å². The minimum atomic E-state index is -0.169. The Kier molecular flexibility index (Phi) is 6.12. The molecule has 19 heavy (non-hydrogen) atoms. The van der Waals surface area contributed by atoms with Crippen molar-refractivity contribution in [2.75, 3.05) is 12.9 Å². The number of carbonyl (C=O) groups is 1. The first-order valence-corrected chi connectivity index (χ1v) is 6.75. The molecule has 0 saturated carbocycles. The summed E-state index contributed by atoms with van der Waals surface area (Å²) >= 11 is 1.67. The Morgan fingerprint density at radius 3 is 2.84 bits per heavy atom. The molecule has 102 valence electrons. The van der Waals surface area contributed by atoms with Crippen LogP contribution in [0.2, 0.25) is 0 Å². The van der Waals surface area contributed by atoms with Crippen molar-refractivity contribution in [3.63, 3.8) is 0 Å². The number of thioether (sulfide) groups is 1. The minimum absolute atomic E-state index is 0. The van der Waals surface area contributed by atoms with E-state index < -0.39 is 0 Å². The van der Waals surface area contributed by atoms with Crippen LogP contribution in [0.25, 0.3) is 10.9 Å². The normalized spacial score (nSPS) is 10.0. The highest BCUT2D eigenvalue weighted by atomic mass is 35.5. The number of carbonyl (C=O) groups excluding carboxylic acids is 1. The van der Waals surface area contributed by atoms with Crippen LogP contribution in [0, 0.1) is 6.92 Å². The van der Waals surface area contributed by atoms with Crippen LogP contribution in [-0.2, 0) is 9.53 Å².